The number of hydrogen-bond acceptors (Lipinski definition) is 1. The predicted octanol–water partition coefficient (Wildman–Crippen LogP) is 4.02. The molecule has 2 aliphatic rings. The standard InChI is InChI=1S/C17H25N/c18-16(11-10-14-6-4-5-7-14)17(12-13-17)15-8-2-1-3-9-15/h1-3,8-9,14,16H,4-7,10-13,18H2. The van der Waals surface area contributed by atoms with Crippen LogP contribution >= 0.6 is 0 Å². The number of rotatable bonds is 5. The molecule has 3 rings (SSSR count). The second kappa shape index (κ2) is 5.05. The van der Waals surface area contributed by atoms with Gasteiger partial charge >= 0.3 is 0 Å². The summed E-state index contributed by atoms with van der Waals surface area (Å²) in [6.07, 6.45) is 11.0. The third-order valence-corrected chi connectivity index (χ3v) is 5.21. The molecule has 1 heteroatoms. The highest BCUT2D eigenvalue weighted by Crippen LogP contribution is 2.51. The molecular formula is C17H25N. The van der Waals surface area contributed by atoms with Gasteiger partial charge < -0.3 is 5.73 Å². The van der Waals surface area contributed by atoms with Crippen molar-refractivity contribution in [3.05, 3.63) is 35.9 Å². The molecule has 0 aromatic heterocycles. The summed E-state index contributed by atoms with van der Waals surface area (Å²) in [6, 6.07) is 11.3. The minimum absolute atomic E-state index is 0.333. The Kier molecular flexibility index (Phi) is 3.43. The lowest BCUT2D eigenvalue weighted by molar-refractivity contribution is 0.405. The monoisotopic (exact) mass is 243 g/mol. The summed E-state index contributed by atoms with van der Waals surface area (Å²) in [6.45, 7) is 0. The van der Waals surface area contributed by atoms with Crippen LogP contribution in [0.25, 0.3) is 0 Å². The molecule has 0 heterocycles. The molecule has 0 bridgehead atoms. The van der Waals surface area contributed by atoms with E-state index in [9.17, 15) is 0 Å². The summed E-state index contributed by atoms with van der Waals surface area (Å²) in [5.41, 5.74) is 8.33. The van der Waals surface area contributed by atoms with E-state index in [1.54, 1.807) is 0 Å². The van der Waals surface area contributed by atoms with Crippen LogP contribution in [0.3, 0.4) is 0 Å². The van der Waals surface area contributed by atoms with Crippen LogP contribution in [0.15, 0.2) is 30.3 Å². The van der Waals surface area contributed by atoms with E-state index in [1.807, 2.05) is 0 Å². The van der Waals surface area contributed by atoms with Crippen LogP contribution in [-0.4, -0.2) is 6.04 Å². The predicted molar refractivity (Wildman–Crippen MR) is 76.5 cm³/mol. The summed E-state index contributed by atoms with van der Waals surface area (Å²) in [4.78, 5) is 0. The number of hydrogen-bond donors (Lipinski definition) is 1. The van der Waals surface area contributed by atoms with Gasteiger partial charge in [0.25, 0.3) is 0 Å². The van der Waals surface area contributed by atoms with Gasteiger partial charge in [0, 0.05) is 11.5 Å². The third-order valence-electron chi connectivity index (χ3n) is 5.21. The second-order valence-electron chi connectivity index (χ2n) is 6.36. The Balaban J connectivity index is 1.60. The Bertz CT molecular complexity index is 374. The molecule has 1 aromatic carbocycles. The van der Waals surface area contributed by atoms with Crippen molar-refractivity contribution in [2.24, 2.45) is 11.7 Å². The van der Waals surface area contributed by atoms with E-state index in [0.717, 1.165) is 5.92 Å². The minimum atomic E-state index is 0.333. The molecule has 0 amide bonds. The second-order valence-corrected chi connectivity index (χ2v) is 6.36. The van der Waals surface area contributed by atoms with Crippen LogP contribution in [0.2, 0.25) is 0 Å². The van der Waals surface area contributed by atoms with Gasteiger partial charge in [-0.2, -0.15) is 0 Å². The van der Waals surface area contributed by atoms with Gasteiger partial charge in [-0.05, 0) is 37.2 Å². The summed E-state index contributed by atoms with van der Waals surface area (Å²) >= 11 is 0. The van der Waals surface area contributed by atoms with Gasteiger partial charge in [-0.25, -0.2) is 0 Å². The van der Waals surface area contributed by atoms with Gasteiger partial charge in [-0.3, -0.25) is 0 Å². The lowest BCUT2D eigenvalue weighted by atomic mass is 9.84. The highest BCUT2D eigenvalue weighted by Gasteiger charge is 2.48. The molecule has 2 N–H and O–H groups in total. The fraction of sp³-hybridized carbons (Fsp3) is 0.647. The molecule has 0 saturated heterocycles. The Morgan fingerprint density at radius 1 is 1.11 bits per heavy atom. The Hall–Kier alpha value is -0.820. The molecule has 0 aliphatic heterocycles. The van der Waals surface area contributed by atoms with E-state index in [2.05, 4.69) is 30.3 Å². The van der Waals surface area contributed by atoms with Crippen molar-refractivity contribution in [2.45, 2.75) is 62.8 Å². The van der Waals surface area contributed by atoms with E-state index in [-0.39, 0.29) is 0 Å². The highest BCUT2D eigenvalue weighted by atomic mass is 14.7. The fourth-order valence-corrected chi connectivity index (χ4v) is 3.77. The summed E-state index contributed by atoms with van der Waals surface area (Å²) in [5, 5.41) is 0. The van der Waals surface area contributed by atoms with Crippen molar-refractivity contribution >= 4 is 0 Å². The smallest absolute Gasteiger partial charge is 0.0136 e. The van der Waals surface area contributed by atoms with Crippen LogP contribution in [0, 0.1) is 5.92 Å². The molecule has 18 heavy (non-hydrogen) atoms. The molecule has 0 radical (unpaired) electrons. The largest absolute Gasteiger partial charge is 0.327 e. The summed E-state index contributed by atoms with van der Waals surface area (Å²) < 4.78 is 0. The number of nitrogens with two attached hydrogens (primary N) is 1. The zero-order valence-corrected chi connectivity index (χ0v) is 11.3. The highest BCUT2D eigenvalue weighted by molar-refractivity contribution is 5.33. The molecular weight excluding hydrogens is 218 g/mol. The molecule has 2 fully saturated rings. The average molecular weight is 243 g/mol. The maximum atomic E-state index is 6.52. The lowest BCUT2D eigenvalue weighted by Gasteiger charge is -2.25. The molecule has 1 atom stereocenters. The van der Waals surface area contributed by atoms with Crippen LogP contribution in [0.4, 0.5) is 0 Å². The Morgan fingerprint density at radius 3 is 2.39 bits per heavy atom. The normalized spacial score (nSPS) is 24.1. The van der Waals surface area contributed by atoms with Gasteiger partial charge in [-0.15, -0.1) is 0 Å². The quantitative estimate of drug-likeness (QED) is 0.830. The van der Waals surface area contributed by atoms with Gasteiger partial charge in [0.1, 0.15) is 0 Å². The first-order chi connectivity index (χ1) is 8.81. The van der Waals surface area contributed by atoms with E-state index in [0.29, 0.717) is 11.5 Å². The molecule has 1 aromatic rings. The minimum Gasteiger partial charge on any atom is -0.327 e. The van der Waals surface area contributed by atoms with E-state index in [1.165, 1.54) is 56.9 Å². The molecule has 98 valence electrons. The summed E-state index contributed by atoms with van der Waals surface area (Å²) in [7, 11) is 0. The molecule has 1 nitrogen and oxygen atoms in total. The number of benzene rings is 1. The maximum Gasteiger partial charge on any atom is 0.0136 e. The molecule has 2 saturated carbocycles. The van der Waals surface area contributed by atoms with E-state index >= 15 is 0 Å². The van der Waals surface area contributed by atoms with E-state index < -0.39 is 0 Å². The van der Waals surface area contributed by atoms with Gasteiger partial charge in [-0.1, -0.05) is 56.0 Å². The fourth-order valence-electron chi connectivity index (χ4n) is 3.77. The van der Waals surface area contributed by atoms with Crippen molar-refractivity contribution in [2.75, 3.05) is 0 Å². The van der Waals surface area contributed by atoms with Gasteiger partial charge in [0.05, 0.1) is 0 Å². The van der Waals surface area contributed by atoms with Crippen LogP contribution in [0.5, 0.6) is 0 Å². The topological polar surface area (TPSA) is 26.0 Å². The first kappa shape index (κ1) is 12.2. The zero-order valence-electron chi connectivity index (χ0n) is 11.3. The molecule has 2 aliphatic carbocycles. The van der Waals surface area contributed by atoms with Crippen LogP contribution in [0.1, 0.15) is 56.9 Å². The van der Waals surface area contributed by atoms with Crippen molar-refractivity contribution in [3.63, 3.8) is 0 Å². The van der Waals surface area contributed by atoms with Gasteiger partial charge in [0.2, 0.25) is 0 Å². The van der Waals surface area contributed by atoms with Crippen LogP contribution in [-0.2, 0) is 5.41 Å². The summed E-state index contributed by atoms with van der Waals surface area (Å²) in [5.74, 6) is 0.975. The third kappa shape index (κ3) is 2.33. The zero-order chi connectivity index (χ0) is 12.4. The first-order valence-corrected chi connectivity index (χ1v) is 7.62. The Morgan fingerprint density at radius 2 is 1.78 bits per heavy atom. The molecule has 1 unspecified atom stereocenters. The maximum absolute atomic E-state index is 6.52. The average Bonchev–Trinajstić information content (AvgIpc) is 3.07. The Labute approximate surface area is 111 Å². The SMILES string of the molecule is NC(CCC1CCCC1)C1(c2ccccc2)CC1. The van der Waals surface area contributed by atoms with Gasteiger partial charge in [0.15, 0.2) is 0 Å². The van der Waals surface area contributed by atoms with Crippen molar-refractivity contribution < 1.29 is 0 Å². The lowest BCUT2D eigenvalue weighted by Crippen LogP contribution is -2.35. The first-order valence-electron chi connectivity index (χ1n) is 7.62. The van der Waals surface area contributed by atoms with Crippen molar-refractivity contribution in [1.82, 2.24) is 0 Å². The van der Waals surface area contributed by atoms with Crippen LogP contribution < -0.4 is 5.73 Å². The molecule has 0 spiro atoms. The van der Waals surface area contributed by atoms with E-state index in [4.69, 9.17) is 5.73 Å². The van der Waals surface area contributed by atoms with Crippen molar-refractivity contribution in [1.29, 1.82) is 0 Å². The van der Waals surface area contributed by atoms with Crippen molar-refractivity contribution in [3.8, 4) is 0 Å².